The van der Waals surface area contributed by atoms with Crippen LogP contribution in [0.5, 0.6) is 0 Å². The monoisotopic (exact) mass is 445 g/mol. The predicted octanol–water partition coefficient (Wildman–Crippen LogP) is 4.02. The third-order valence-corrected chi connectivity index (χ3v) is 6.63. The van der Waals surface area contributed by atoms with Crippen LogP contribution in [0.3, 0.4) is 0 Å². The molecular weight excluding hydrogens is 422 g/mol. The Hall–Kier alpha value is -3.36. The zero-order valence-electron chi connectivity index (χ0n) is 17.5. The van der Waals surface area contributed by atoms with Crippen LogP contribution in [0.4, 0.5) is 5.69 Å². The van der Waals surface area contributed by atoms with Crippen molar-refractivity contribution in [2.45, 2.75) is 19.3 Å². The van der Waals surface area contributed by atoms with Gasteiger partial charge in [-0.1, -0.05) is 18.2 Å². The number of hydrogen-bond acceptors (Lipinski definition) is 6. The zero-order chi connectivity index (χ0) is 21.9. The van der Waals surface area contributed by atoms with E-state index in [-0.39, 0.29) is 11.7 Å². The molecule has 162 valence electrons. The molecule has 0 saturated carbocycles. The number of carbonyl (C=O) groups excluding carboxylic acids is 2. The molecule has 4 aromatic rings. The number of piperidine rings is 1. The van der Waals surface area contributed by atoms with E-state index in [0.717, 1.165) is 42.9 Å². The highest BCUT2D eigenvalue weighted by molar-refractivity contribution is 7.12. The van der Waals surface area contributed by atoms with Crippen molar-refractivity contribution in [1.82, 2.24) is 19.9 Å². The van der Waals surface area contributed by atoms with Gasteiger partial charge in [0, 0.05) is 23.9 Å². The Bertz CT molecular complexity index is 1260. The average Bonchev–Trinajstić information content (AvgIpc) is 3.50. The summed E-state index contributed by atoms with van der Waals surface area (Å²) in [5.74, 6) is 0.387. The maximum Gasteiger partial charge on any atom is 0.224 e. The summed E-state index contributed by atoms with van der Waals surface area (Å²) < 4.78 is 1.68. The summed E-state index contributed by atoms with van der Waals surface area (Å²) in [6.07, 6.45) is 5.86. The van der Waals surface area contributed by atoms with Crippen LogP contribution >= 0.6 is 11.3 Å². The summed E-state index contributed by atoms with van der Waals surface area (Å²) in [5, 5.41) is 12.7. The molecule has 0 spiro atoms. The minimum absolute atomic E-state index is 0.0387. The summed E-state index contributed by atoms with van der Waals surface area (Å²) >= 11 is 1.40. The Labute approximate surface area is 189 Å². The van der Waals surface area contributed by atoms with Gasteiger partial charge in [0.15, 0.2) is 5.65 Å². The van der Waals surface area contributed by atoms with E-state index < -0.39 is 0 Å². The highest BCUT2D eigenvalue weighted by Gasteiger charge is 2.19. The SMILES string of the molecule is O=C(CC1CCNCC1)Nc1cccc(-c2ccnc3c(C(=O)c4cccs4)cnn23)c1. The van der Waals surface area contributed by atoms with Gasteiger partial charge in [0.2, 0.25) is 11.7 Å². The number of thiophene rings is 1. The predicted molar refractivity (Wildman–Crippen MR) is 125 cm³/mol. The number of aromatic nitrogens is 3. The van der Waals surface area contributed by atoms with E-state index >= 15 is 0 Å². The van der Waals surface area contributed by atoms with Crippen LogP contribution in [0.25, 0.3) is 16.9 Å². The Morgan fingerprint density at radius 2 is 2.03 bits per heavy atom. The Morgan fingerprint density at radius 1 is 1.16 bits per heavy atom. The summed E-state index contributed by atoms with van der Waals surface area (Å²) in [5.41, 5.74) is 3.42. The number of nitrogens with one attached hydrogen (secondary N) is 2. The molecule has 4 heterocycles. The summed E-state index contributed by atoms with van der Waals surface area (Å²) in [7, 11) is 0. The first-order valence-corrected chi connectivity index (χ1v) is 11.6. The maximum absolute atomic E-state index is 12.8. The molecule has 3 aromatic heterocycles. The van der Waals surface area contributed by atoms with E-state index in [4.69, 9.17) is 0 Å². The van der Waals surface area contributed by atoms with E-state index in [1.807, 2.05) is 41.8 Å². The molecule has 1 amide bonds. The van der Waals surface area contributed by atoms with Crippen molar-refractivity contribution < 1.29 is 9.59 Å². The minimum Gasteiger partial charge on any atom is -0.326 e. The normalized spacial score (nSPS) is 14.5. The standard InChI is InChI=1S/C24H23N5O2S/c30-22(13-16-6-9-25-10-7-16)28-18-4-1-3-17(14-18)20-8-11-26-24-19(15-27-29(20)24)23(31)21-5-2-12-32-21/h1-5,8,11-12,14-16,25H,6-7,9-10,13H2,(H,28,30). The second kappa shape index (κ2) is 9.02. The summed E-state index contributed by atoms with van der Waals surface area (Å²) in [6.45, 7) is 1.96. The first-order chi connectivity index (χ1) is 15.7. The van der Waals surface area contributed by atoms with Crippen LogP contribution in [-0.4, -0.2) is 39.4 Å². The van der Waals surface area contributed by atoms with Crippen LogP contribution in [0.1, 0.15) is 34.5 Å². The van der Waals surface area contributed by atoms with Gasteiger partial charge in [0.25, 0.3) is 0 Å². The van der Waals surface area contributed by atoms with Crippen LogP contribution < -0.4 is 10.6 Å². The van der Waals surface area contributed by atoms with Gasteiger partial charge in [0.1, 0.15) is 0 Å². The van der Waals surface area contributed by atoms with Crippen molar-refractivity contribution in [3.05, 3.63) is 70.7 Å². The van der Waals surface area contributed by atoms with Gasteiger partial charge in [-0.25, -0.2) is 9.50 Å². The van der Waals surface area contributed by atoms with Crippen molar-refractivity contribution in [3.63, 3.8) is 0 Å². The van der Waals surface area contributed by atoms with E-state index in [2.05, 4.69) is 20.7 Å². The first-order valence-electron chi connectivity index (χ1n) is 10.7. The van der Waals surface area contributed by atoms with E-state index in [1.54, 1.807) is 23.0 Å². The lowest BCUT2D eigenvalue weighted by molar-refractivity contribution is -0.117. The zero-order valence-corrected chi connectivity index (χ0v) is 18.3. The van der Waals surface area contributed by atoms with Crippen molar-refractivity contribution in [2.24, 2.45) is 5.92 Å². The fourth-order valence-corrected chi connectivity index (χ4v) is 4.80. The first kappa shape index (κ1) is 20.5. The van der Waals surface area contributed by atoms with Gasteiger partial charge in [0.05, 0.1) is 22.3 Å². The number of nitrogens with zero attached hydrogens (tertiary/aromatic N) is 3. The smallest absolute Gasteiger partial charge is 0.224 e. The Kier molecular flexibility index (Phi) is 5.79. The van der Waals surface area contributed by atoms with Gasteiger partial charge in [-0.3, -0.25) is 9.59 Å². The number of amides is 1. The fourth-order valence-electron chi connectivity index (χ4n) is 4.13. The molecule has 1 saturated heterocycles. The maximum atomic E-state index is 12.8. The molecule has 8 heteroatoms. The topological polar surface area (TPSA) is 88.4 Å². The second-order valence-corrected chi connectivity index (χ2v) is 8.90. The number of rotatable bonds is 6. The molecule has 1 aliphatic rings. The molecule has 0 bridgehead atoms. The molecule has 1 aliphatic heterocycles. The van der Waals surface area contributed by atoms with Crippen LogP contribution in [0.2, 0.25) is 0 Å². The highest BCUT2D eigenvalue weighted by Crippen LogP contribution is 2.26. The Balaban J connectivity index is 1.39. The van der Waals surface area contributed by atoms with Crippen molar-refractivity contribution in [3.8, 4) is 11.3 Å². The summed E-state index contributed by atoms with van der Waals surface area (Å²) in [6, 6.07) is 13.2. The Morgan fingerprint density at radius 3 is 2.84 bits per heavy atom. The molecule has 0 unspecified atom stereocenters. The molecule has 5 rings (SSSR count). The van der Waals surface area contributed by atoms with E-state index in [1.165, 1.54) is 11.3 Å². The lowest BCUT2D eigenvalue weighted by Crippen LogP contribution is -2.30. The quantitative estimate of drug-likeness (QED) is 0.438. The molecule has 32 heavy (non-hydrogen) atoms. The van der Waals surface area contributed by atoms with Gasteiger partial charge in [-0.2, -0.15) is 5.10 Å². The molecular formula is C24H23N5O2S. The lowest BCUT2D eigenvalue weighted by Gasteiger charge is -2.22. The van der Waals surface area contributed by atoms with Crippen molar-refractivity contribution >= 4 is 34.4 Å². The van der Waals surface area contributed by atoms with Crippen molar-refractivity contribution in [1.29, 1.82) is 0 Å². The van der Waals surface area contributed by atoms with Crippen LogP contribution in [0, 0.1) is 5.92 Å². The second-order valence-electron chi connectivity index (χ2n) is 7.96. The minimum atomic E-state index is -0.0847. The largest absolute Gasteiger partial charge is 0.326 e. The van der Waals surface area contributed by atoms with Crippen molar-refractivity contribution in [2.75, 3.05) is 18.4 Å². The third-order valence-electron chi connectivity index (χ3n) is 5.77. The molecule has 0 radical (unpaired) electrons. The highest BCUT2D eigenvalue weighted by atomic mass is 32.1. The van der Waals surface area contributed by atoms with Gasteiger partial charge >= 0.3 is 0 Å². The number of hydrogen-bond donors (Lipinski definition) is 2. The third kappa shape index (κ3) is 4.19. The fraction of sp³-hybridized carbons (Fsp3) is 0.250. The van der Waals surface area contributed by atoms with Crippen LogP contribution in [-0.2, 0) is 4.79 Å². The van der Waals surface area contributed by atoms with Crippen LogP contribution in [0.15, 0.2) is 60.2 Å². The molecule has 7 nitrogen and oxygen atoms in total. The average molecular weight is 446 g/mol. The molecule has 0 aliphatic carbocycles. The molecule has 0 atom stereocenters. The van der Waals surface area contributed by atoms with Gasteiger partial charge in [-0.05, 0) is 61.5 Å². The van der Waals surface area contributed by atoms with E-state index in [9.17, 15) is 9.59 Å². The van der Waals surface area contributed by atoms with E-state index in [0.29, 0.717) is 28.4 Å². The number of ketones is 1. The molecule has 2 N–H and O–H groups in total. The number of anilines is 1. The number of fused-ring (bicyclic) bond motifs is 1. The molecule has 1 fully saturated rings. The number of carbonyl (C=O) groups is 2. The van der Waals surface area contributed by atoms with Gasteiger partial charge < -0.3 is 10.6 Å². The summed E-state index contributed by atoms with van der Waals surface area (Å²) in [4.78, 5) is 30.4. The van der Waals surface area contributed by atoms with Gasteiger partial charge in [-0.15, -0.1) is 11.3 Å². The number of benzene rings is 1. The lowest BCUT2D eigenvalue weighted by atomic mass is 9.94. The molecule has 1 aromatic carbocycles.